The highest BCUT2D eigenvalue weighted by Crippen LogP contribution is 2.25. The van der Waals surface area contributed by atoms with Crippen molar-refractivity contribution in [2.75, 3.05) is 25.1 Å². The molecule has 0 bridgehead atoms. The van der Waals surface area contributed by atoms with Crippen molar-refractivity contribution in [2.45, 2.75) is 40.0 Å². The van der Waals surface area contributed by atoms with Gasteiger partial charge in [-0.15, -0.1) is 0 Å². The van der Waals surface area contributed by atoms with Gasteiger partial charge in [0.05, 0.1) is 5.75 Å². The van der Waals surface area contributed by atoms with Crippen LogP contribution in [0.5, 0.6) is 0 Å². The monoisotopic (exact) mass is 235 g/mol. The molecule has 1 unspecified atom stereocenters. The number of hydrogen-bond donors (Lipinski definition) is 1. The van der Waals surface area contributed by atoms with Crippen molar-refractivity contribution < 1.29 is 8.42 Å². The predicted molar refractivity (Wildman–Crippen MR) is 65.9 cm³/mol. The van der Waals surface area contributed by atoms with Crippen LogP contribution in [0.15, 0.2) is 0 Å². The molecule has 1 atom stereocenters. The van der Waals surface area contributed by atoms with Gasteiger partial charge in [-0.3, -0.25) is 0 Å². The summed E-state index contributed by atoms with van der Waals surface area (Å²) in [6, 6.07) is 0. The number of hydrogen-bond acceptors (Lipinski definition) is 3. The SMILES string of the molecule is CCCS(=O)(=O)CCC(C)(CC)CNC. The average Bonchev–Trinajstić information content (AvgIpc) is 2.16. The molecule has 0 aromatic rings. The second-order valence-corrected chi connectivity index (χ2v) is 6.90. The van der Waals surface area contributed by atoms with Gasteiger partial charge in [-0.1, -0.05) is 20.8 Å². The molecule has 0 heterocycles. The smallest absolute Gasteiger partial charge is 0.150 e. The molecule has 4 heteroatoms. The van der Waals surface area contributed by atoms with Gasteiger partial charge in [0.1, 0.15) is 9.84 Å². The topological polar surface area (TPSA) is 46.2 Å². The van der Waals surface area contributed by atoms with Crippen LogP contribution in [-0.4, -0.2) is 33.5 Å². The standard InChI is InChI=1S/C11H25NO2S/c1-5-8-15(13,14)9-7-11(3,6-2)10-12-4/h12H,5-10H2,1-4H3. The third-order valence-electron chi connectivity index (χ3n) is 2.99. The highest BCUT2D eigenvalue weighted by Gasteiger charge is 2.23. The maximum atomic E-state index is 11.6. The van der Waals surface area contributed by atoms with Gasteiger partial charge in [0.25, 0.3) is 0 Å². The van der Waals surface area contributed by atoms with Crippen LogP contribution in [0.4, 0.5) is 0 Å². The Morgan fingerprint density at radius 2 is 1.80 bits per heavy atom. The van der Waals surface area contributed by atoms with E-state index in [1.54, 1.807) is 0 Å². The molecule has 0 amide bonds. The molecule has 0 aromatic carbocycles. The second-order valence-electron chi connectivity index (χ2n) is 4.60. The molecule has 0 aliphatic heterocycles. The lowest BCUT2D eigenvalue weighted by molar-refractivity contribution is 0.290. The Morgan fingerprint density at radius 3 is 2.20 bits per heavy atom. The fourth-order valence-electron chi connectivity index (χ4n) is 1.63. The molecule has 3 nitrogen and oxygen atoms in total. The molecular formula is C11H25NO2S. The van der Waals surface area contributed by atoms with Crippen LogP contribution < -0.4 is 5.32 Å². The number of rotatable bonds is 8. The summed E-state index contributed by atoms with van der Waals surface area (Å²) in [6.45, 7) is 7.05. The second kappa shape index (κ2) is 6.48. The normalized spacial score (nSPS) is 16.3. The summed E-state index contributed by atoms with van der Waals surface area (Å²) in [5.74, 6) is 0.652. The van der Waals surface area contributed by atoms with Gasteiger partial charge in [0.15, 0.2) is 0 Å². The van der Waals surface area contributed by atoms with Crippen molar-refractivity contribution in [1.29, 1.82) is 0 Å². The molecule has 0 saturated heterocycles. The fraction of sp³-hybridized carbons (Fsp3) is 1.00. The van der Waals surface area contributed by atoms with Gasteiger partial charge in [0.2, 0.25) is 0 Å². The number of sulfone groups is 1. The molecule has 0 fully saturated rings. The molecule has 1 N–H and O–H groups in total. The van der Waals surface area contributed by atoms with E-state index in [1.165, 1.54) is 0 Å². The van der Waals surface area contributed by atoms with E-state index >= 15 is 0 Å². The molecule has 0 radical (unpaired) electrons. The molecule has 0 rings (SSSR count). The molecule has 0 aliphatic carbocycles. The highest BCUT2D eigenvalue weighted by molar-refractivity contribution is 7.91. The Labute approximate surface area is 94.6 Å². The Balaban J connectivity index is 4.22. The van der Waals surface area contributed by atoms with E-state index < -0.39 is 9.84 Å². The zero-order chi connectivity index (χ0) is 11.9. The molecule has 0 aromatic heterocycles. The molecule has 0 spiro atoms. The Hall–Kier alpha value is -0.0900. The van der Waals surface area contributed by atoms with Crippen LogP contribution >= 0.6 is 0 Å². The average molecular weight is 235 g/mol. The maximum absolute atomic E-state index is 11.6. The van der Waals surface area contributed by atoms with Crippen molar-refractivity contribution >= 4 is 9.84 Å². The van der Waals surface area contributed by atoms with E-state index in [9.17, 15) is 8.42 Å². The first-order chi connectivity index (χ1) is 6.89. The van der Waals surface area contributed by atoms with Gasteiger partial charge in [-0.2, -0.15) is 0 Å². The first-order valence-electron chi connectivity index (χ1n) is 5.74. The molecule has 92 valence electrons. The lowest BCUT2D eigenvalue weighted by Gasteiger charge is -2.27. The minimum Gasteiger partial charge on any atom is -0.319 e. The molecule has 0 aliphatic rings. The quantitative estimate of drug-likeness (QED) is 0.698. The van der Waals surface area contributed by atoms with Crippen molar-refractivity contribution in [3.8, 4) is 0 Å². The van der Waals surface area contributed by atoms with Crippen LogP contribution in [0, 0.1) is 5.41 Å². The first kappa shape index (κ1) is 14.9. The van der Waals surface area contributed by atoms with Crippen LogP contribution in [0.2, 0.25) is 0 Å². The lowest BCUT2D eigenvalue weighted by Crippen LogP contribution is -2.31. The minimum absolute atomic E-state index is 0.107. The van der Waals surface area contributed by atoms with Crippen molar-refractivity contribution in [3.63, 3.8) is 0 Å². The summed E-state index contributed by atoms with van der Waals surface area (Å²) >= 11 is 0. The largest absolute Gasteiger partial charge is 0.319 e. The summed E-state index contributed by atoms with van der Waals surface area (Å²) in [6.07, 6.45) is 2.49. The van der Waals surface area contributed by atoms with Gasteiger partial charge in [0, 0.05) is 12.3 Å². The summed E-state index contributed by atoms with van der Waals surface area (Å²) in [7, 11) is -0.910. The van der Waals surface area contributed by atoms with Gasteiger partial charge in [-0.05, 0) is 31.7 Å². The van der Waals surface area contributed by atoms with E-state index in [4.69, 9.17) is 0 Å². The van der Waals surface area contributed by atoms with Crippen molar-refractivity contribution in [2.24, 2.45) is 5.41 Å². The summed E-state index contributed by atoms with van der Waals surface area (Å²) in [5, 5.41) is 3.13. The third kappa shape index (κ3) is 6.15. The van der Waals surface area contributed by atoms with Gasteiger partial charge in [-0.25, -0.2) is 8.42 Å². The summed E-state index contributed by atoms with van der Waals surface area (Å²) < 4.78 is 23.2. The van der Waals surface area contributed by atoms with Crippen molar-refractivity contribution in [3.05, 3.63) is 0 Å². The summed E-state index contributed by atoms with van der Waals surface area (Å²) in [4.78, 5) is 0. The van der Waals surface area contributed by atoms with Crippen LogP contribution in [0.25, 0.3) is 0 Å². The van der Waals surface area contributed by atoms with E-state index in [1.807, 2.05) is 14.0 Å². The predicted octanol–water partition coefficient (Wildman–Crippen LogP) is 1.84. The first-order valence-corrected chi connectivity index (χ1v) is 7.56. The van der Waals surface area contributed by atoms with Crippen LogP contribution in [0.3, 0.4) is 0 Å². The van der Waals surface area contributed by atoms with Crippen LogP contribution in [-0.2, 0) is 9.84 Å². The number of nitrogens with one attached hydrogen (secondary N) is 1. The van der Waals surface area contributed by atoms with E-state index in [0.29, 0.717) is 11.5 Å². The minimum atomic E-state index is -2.82. The van der Waals surface area contributed by atoms with E-state index in [-0.39, 0.29) is 5.41 Å². The molecule has 15 heavy (non-hydrogen) atoms. The Kier molecular flexibility index (Phi) is 6.44. The Morgan fingerprint density at radius 1 is 1.20 bits per heavy atom. The van der Waals surface area contributed by atoms with Crippen molar-refractivity contribution in [1.82, 2.24) is 5.32 Å². The van der Waals surface area contributed by atoms with Gasteiger partial charge >= 0.3 is 0 Å². The van der Waals surface area contributed by atoms with E-state index in [0.717, 1.165) is 25.8 Å². The maximum Gasteiger partial charge on any atom is 0.150 e. The molecule has 0 saturated carbocycles. The Bertz CT molecular complexity index is 262. The zero-order valence-electron chi connectivity index (χ0n) is 10.5. The molecular weight excluding hydrogens is 210 g/mol. The van der Waals surface area contributed by atoms with Gasteiger partial charge < -0.3 is 5.32 Å². The third-order valence-corrected chi connectivity index (χ3v) is 4.85. The summed E-state index contributed by atoms with van der Waals surface area (Å²) in [5.41, 5.74) is 0.107. The fourth-order valence-corrected chi connectivity index (χ4v) is 3.26. The lowest BCUT2D eigenvalue weighted by atomic mass is 9.85. The van der Waals surface area contributed by atoms with Crippen LogP contribution in [0.1, 0.15) is 40.0 Å². The zero-order valence-corrected chi connectivity index (χ0v) is 11.3. The highest BCUT2D eigenvalue weighted by atomic mass is 32.2. The van der Waals surface area contributed by atoms with E-state index in [2.05, 4.69) is 19.2 Å².